The lowest BCUT2D eigenvalue weighted by molar-refractivity contribution is -0.139. The third-order valence-electron chi connectivity index (χ3n) is 4.71. The SMILES string of the molecule is COC(=O)Cc1ccc(NC(=S)NCCN2CCN(c3ncccn3)CC2)cc1. The van der Waals surface area contributed by atoms with Crippen LogP contribution in [-0.4, -0.2) is 72.3 Å². The van der Waals surface area contributed by atoms with E-state index in [0.717, 1.165) is 56.5 Å². The van der Waals surface area contributed by atoms with E-state index in [9.17, 15) is 4.79 Å². The zero-order valence-corrected chi connectivity index (χ0v) is 17.3. The monoisotopic (exact) mass is 414 g/mol. The molecule has 0 bridgehead atoms. The molecule has 9 heteroatoms. The lowest BCUT2D eigenvalue weighted by Gasteiger charge is -2.34. The molecule has 1 aliphatic rings. The third kappa shape index (κ3) is 6.65. The Hall–Kier alpha value is -2.78. The number of hydrogen-bond acceptors (Lipinski definition) is 7. The van der Waals surface area contributed by atoms with Gasteiger partial charge in [0.25, 0.3) is 0 Å². The van der Waals surface area contributed by atoms with Crippen molar-refractivity contribution in [3.05, 3.63) is 48.3 Å². The smallest absolute Gasteiger partial charge is 0.309 e. The number of carbonyl (C=O) groups is 1. The Morgan fingerprint density at radius 2 is 1.83 bits per heavy atom. The highest BCUT2D eigenvalue weighted by molar-refractivity contribution is 7.80. The van der Waals surface area contributed by atoms with E-state index >= 15 is 0 Å². The zero-order chi connectivity index (χ0) is 20.5. The molecule has 0 spiro atoms. The number of hydrogen-bond donors (Lipinski definition) is 2. The highest BCUT2D eigenvalue weighted by Gasteiger charge is 2.18. The van der Waals surface area contributed by atoms with Crippen LogP contribution in [0.25, 0.3) is 0 Å². The van der Waals surface area contributed by atoms with E-state index in [4.69, 9.17) is 12.2 Å². The number of rotatable bonds is 7. The Bertz CT molecular complexity index is 794. The van der Waals surface area contributed by atoms with Gasteiger partial charge in [-0.1, -0.05) is 12.1 Å². The molecule has 1 fully saturated rings. The molecule has 2 aromatic rings. The molecule has 0 aliphatic carbocycles. The highest BCUT2D eigenvalue weighted by atomic mass is 32.1. The molecule has 0 unspecified atom stereocenters. The number of anilines is 2. The van der Waals surface area contributed by atoms with Crippen LogP contribution in [0, 0.1) is 0 Å². The predicted molar refractivity (Wildman–Crippen MR) is 117 cm³/mol. The second kappa shape index (κ2) is 10.7. The number of aromatic nitrogens is 2. The molecule has 1 aliphatic heterocycles. The Morgan fingerprint density at radius 3 is 2.48 bits per heavy atom. The highest BCUT2D eigenvalue weighted by Crippen LogP contribution is 2.11. The van der Waals surface area contributed by atoms with Crippen molar-refractivity contribution in [3.63, 3.8) is 0 Å². The van der Waals surface area contributed by atoms with Crippen LogP contribution in [0.15, 0.2) is 42.7 Å². The minimum Gasteiger partial charge on any atom is -0.469 e. The average molecular weight is 415 g/mol. The summed E-state index contributed by atoms with van der Waals surface area (Å²) in [6, 6.07) is 9.41. The molecule has 1 aromatic heterocycles. The summed E-state index contributed by atoms with van der Waals surface area (Å²) < 4.78 is 4.67. The molecule has 154 valence electrons. The van der Waals surface area contributed by atoms with Gasteiger partial charge in [-0.2, -0.15) is 0 Å². The van der Waals surface area contributed by atoms with Crippen molar-refractivity contribution in [1.29, 1.82) is 0 Å². The van der Waals surface area contributed by atoms with Crippen molar-refractivity contribution >= 4 is 34.9 Å². The van der Waals surface area contributed by atoms with Crippen molar-refractivity contribution in [2.24, 2.45) is 0 Å². The first-order valence-electron chi connectivity index (χ1n) is 9.59. The summed E-state index contributed by atoms with van der Waals surface area (Å²) in [5.74, 6) is 0.549. The van der Waals surface area contributed by atoms with Gasteiger partial charge < -0.3 is 20.3 Å². The Kier molecular flexibility index (Phi) is 7.71. The summed E-state index contributed by atoms with van der Waals surface area (Å²) in [5.41, 5.74) is 1.79. The van der Waals surface area contributed by atoms with Gasteiger partial charge in [-0.3, -0.25) is 9.69 Å². The summed E-state index contributed by atoms with van der Waals surface area (Å²) in [4.78, 5) is 24.5. The fourth-order valence-electron chi connectivity index (χ4n) is 3.07. The second-order valence-corrected chi connectivity index (χ2v) is 7.12. The lowest BCUT2D eigenvalue weighted by Crippen LogP contribution is -2.49. The number of esters is 1. The van der Waals surface area contributed by atoms with Gasteiger partial charge in [0.1, 0.15) is 0 Å². The number of nitrogens with one attached hydrogen (secondary N) is 2. The maximum atomic E-state index is 11.3. The largest absolute Gasteiger partial charge is 0.469 e. The van der Waals surface area contributed by atoms with Gasteiger partial charge >= 0.3 is 5.97 Å². The van der Waals surface area contributed by atoms with Gasteiger partial charge in [-0.15, -0.1) is 0 Å². The summed E-state index contributed by atoms with van der Waals surface area (Å²) >= 11 is 5.37. The van der Waals surface area contributed by atoms with E-state index in [1.54, 1.807) is 12.4 Å². The van der Waals surface area contributed by atoms with Gasteiger partial charge in [-0.25, -0.2) is 9.97 Å². The van der Waals surface area contributed by atoms with E-state index in [1.807, 2.05) is 30.3 Å². The fraction of sp³-hybridized carbons (Fsp3) is 0.400. The van der Waals surface area contributed by atoms with Crippen molar-refractivity contribution in [2.75, 3.05) is 56.6 Å². The molecule has 0 atom stereocenters. The predicted octanol–water partition coefficient (Wildman–Crippen LogP) is 1.30. The van der Waals surface area contributed by atoms with Gasteiger partial charge in [0, 0.05) is 57.3 Å². The zero-order valence-electron chi connectivity index (χ0n) is 16.5. The number of benzene rings is 1. The number of methoxy groups -OCH3 is 1. The summed E-state index contributed by atoms with van der Waals surface area (Å²) in [6.45, 7) is 5.48. The normalized spacial score (nSPS) is 14.3. The molecular formula is C20H26N6O2S. The fourth-order valence-corrected chi connectivity index (χ4v) is 3.29. The minimum atomic E-state index is -0.250. The van der Waals surface area contributed by atoms with Crippen LogP contribution in [0.3, 0.4) is 0 Å². The molecule has 2 heterocycles. The first-order chi connectivity index (χ1) is 14.1. The maximum Gasteiger partial charge on any atom is 0.309 e. The maximum absolute atomic E-state index is 11.3. The molecule has 8 nitrogen and oxygen atoms in total. The van der Waals surface area contributed by atoms with Crippen molar-refractivity contribution < 1.29 is 9.53 Å². The van der Waals surface area contributed by atoms with Crippen LogP contribution < -0.4 is 15.5 Å². The molecule has 0 amide bonds. The Labute approximate surface area is 176 Å². The first-order valence-corrected chi connectivity index (χ1v) is 10.00. The average Bonchev–Trinajstić information content (AvgIpc) is 2.76. The van der Waals surface area contributed by atoms with E-state index in [1.165, 1.54) is 7.11 Å². The van der Waals surface area contributed by atoms with E-state index in [-0.39, 0.29) is 12.4 Å². The number of ether oxygens (including phenoxy) is 1. The molecule has 0 radical (unpaired) electrons. The van der Waals surface area contributed by atoms with Gasteiger partial charge in [0.2, 0.25) is 5.95 Å². The molecule has 0 saturated carbocycles. The Morgan fingerprint density at radius 1 is 1.14 bits per heavy atom. The number of piperazine rings is 1. The molecule has 3 rings (SSSR count). The molecule has 1 aromatic carbocycles. The van der Waals surface area contributed by atoms with E-state index in [2.05, 4.69) is 35.1 Å². The summed E-state index contributed by atoms with van der Waals surface area (Å²) in [6.07, 6.45) is 3.82. The molecule has 29 heavy (non-hydrogen) atoms. The topological polar surface area (TPSA) is 82.6 Å². The minimum absolute atomic E-state index is 0.250. The molecule has 2 N–H and O–H groups in total. The van der Waals surface area contributed by atoms with Gasteiger partial charge in [0.05, 0.1) is 13.5 Å². The van der Waals surface area contributed by atoms with Gasteiger partial charge in [0.15, 0.2) is 5.11 Å². The van der Waals surface area contributed by atoms with Crippen LogP contribution in [0.2, 0.25) is 0 Å². The standard InChI is InChI=1S/C20H26N6O2S/c1-28-18(27)15-16-3-5-17(6-4-16)24-20(29)23-9-10-25-11-13-26(14-12-25)19-21-7-2-8-22-19/h2-8H,9-15H2,1H3,(H2,23,24,29). The number of carbonyl (C=O) groups excluding carboxylic acids is 1. The van der Waals surface area contributed by atoms with Crippen LogP contribution in [0.4, 0.5) is 11.6 Å². The Balaban J connectivity index is 1.33. The van der Waals surface area contributed by atoms with Crippen LogP contribution >= 0.6 is 12.2 Å². The third-order valence-corrected chi connectivity index (χ3v) is 4.96. The van der Waals surface area contributed by atoms with Crippen LogP contribution in [0.1, 0.15) is 5.56 Å². The molecular weight excluding hydrogens is 388 g/mol. The van der Waals surface area contributed by atoms with Crippen molar-refractivity contribution in [1.82, 2.24) is 20.2 Å². The van der Waals surface area contributed by atoms with Crippen molar-refractivity contribution in [3.8, 4) is 0 Å². The lowest BCUT2D eigenvalue weighted by atomic mass is 10.1. The number of nitrogens with zero attached hydrogens (tertiary/aromatic N) is 4. The van der Waals surface area contributed by atoms with Crippen molar-refractivity contribution in [2.45, 2.75) is 6.42 Å². The molecule has 1 saturated heterocycles. The number of thiocarbonyl (C=S) groups is 1. The van der Waals surface area contributed by atoms with E-state index in [0.29, 0.717) is 5.11 Å². The quantitative estimate of drug-likeness (QED) is 0.514. The van der Waals surface area contributed by atoms with E-state index < -0.39 is 0 Å². The first kappa shape index (κ1) is 20.9. The summed E-state index contributed by atoms with van der Waals surface area (Å²) in [5, 5.41) is 6.99. The van der Waals surface area contributed by atoms with Crippen LogP contribution in [-0.2, 0) is 16.0 Å². The second-order valence-electron chi connectivity index (χ2n) is 6.71. The van der Waals surface area contributed by atoms with Gasteiger partial charge in [-0.05, 0) is 36.0 Å². The van der Waals surface area contributed by atoms with Crippen LogP contribution in [0.5, 0.6) is 0 Å². The summed E-state index contributed by atoms with van der Waals surface area (Å²) in [7, 11) is 1.39.